The van der Waals surface area contributed by atoms with Crippen molar-refractivity contribution in [3.8, 4) is 17.6 Å². The molecule has 0 amide bonds. The second-order valence-corrected chi connectivity index (χ2v) is 3.22. The number of methoxy groups -OCH3 is 1. The van der Waals surface area contributed by atoms with Gasteiger partial charge in [-0.1, -0.05) is 0 Å². The third-order valence-electron chi connectivity index (χ3n) is 2.03. The van der Waals surface area contributed by atoms with Crippen molar-refractivity contribution in [1.29, 1.82) is 5.26 Å². The van der Waals surface area contributed by atoms with E-state index in [0.29, 0.717) is 0 Å². The van der Waals surface area contributed by atoms with Crippen molar-refractivity contribution in [3.05, 3.63) is 23.3 Å². The Bertz CT molecular complexity index is 497. The second kappa shape index (κ2) is 5.82. The first-order valence-electron chi connectivity index (χ1n) is 4.75. The molecule has 0 radical (unpaired) electrons. The molecule has 1 aromatic carbocycles. The number of benzene rings is 1. The first-order chi connectivity index (χ1) is 8.47. The van der Waals surface area contributed by atoms with Crippen LogP contribution in [0.15, 0.2) is 12.1 Å². The van der Waals surface area contributed by atoms with Crippen molar-refractivity contribution >= 4 is 5.97 Å². The summed E-state index contributed by atoms with van der Waals surface area (Å²) >= 11 is 0. The standard InChI is InChI=1S/C11H9F2NO4/c1-17-10-6(4-9(15)16)2-8(18-11(12)13)3-7(10)5-14/h2-3,11H,4H2,1H3,(H,15,16). The highest BCUT2D eigenvalue weighted by Crippen LogP contribution is 2.30. The van der Waals surface area contributed by atoms with Gasteiger partial charge in [0.1, 0.15) is 17.6 Å². The predicted molar refractivity (Wildman–Crippen MR) is 55.7 cm³/mol. The lowest BCUT2D eigenvalue weighted by Crippen LogP contribution is -2.07. The Morgan fingerprint density at radius 3 is 2.67 bits per heavy atom. The summed E-state index contributed by atoms with van der Waals surface area (Å²) in [7, 11) is 1.26. The van der Waals surface area contributed by atoms with Gasteiger partial charge in [0.15, 0.2) is 0 Å². The maximum Gasteiger partial charge on any atom is 0.387 e. The molecule has 0 fully saturated rings. The first-order valence-corrected chi connectivity index (χ1v) is 4.75. The summed E-state index contributed by atoms with van der Waals surface area (Å²) in [6, 6.07) is 3.91. The Morgan fingerprint density at radius 1 is 1.56 bits per heavy atom. The summed E-state index contributed by atoms with van der Waals surface area (Å²) in [6.45, 7) is -3.05. The van der Waals surface area contributed by atoms with Crippen LogP contribution in [-0.4, -0.2) is 24.8 Å². The van der Waals surface area contributed by atoms with E-state index in [1.165, 1.54) is 7.11 Å². The number of hydrogen-bond donors (Lipinski definition) is 1. The van der Waals surface area contributed by atoms with Crippen LogP contribution in [0, 0.1) is 11.3 Å². The van der Waals surface area contributed by atoms with E-state index in [9.17, 15) is 13.6 Å². The number of nitrogens with zero attached hydrogens (tertiary/aromatic N) is 1. The van der Waals surface area contributed by atoms with Crippen LogP contribution in [-0.2, 0) is 11.2 Å². The van der Waals surface area contributed by atoms with Crippen LogP contribution < -0.4 is 9.47 Å². The molecule has 1 N–H and O–H groups in total. The van der Waals surface area contributed by atoms with Crippen LogP contribution in [0.2, 0.25) is 0 Å². The maximum absolute atomic E-state index is 12.1. The molecule has 5 nitrogen and oxygen atoms in total. The van der Waals surface area contributed by atoms with E-state index in [1.807, 2.05) is 0 Å². The topological polar surface area (TPSA) is 79.5 Å². The zero-order valence-electron chi connectivity index (χ0n) is 9.31. The van der Waals surface area contributed by atoms with E-state index in [4.69, 9.17) is 15.1 Å². The normalized spacial score (nSPS) is 9.94. The van der Waals surface area contributed by atoms with Crippen molar-refractivity contribution in [2.45, 2.75) is 13.0 Å². The lowest BCUT2D eigenvalue weighted by atomic mass is 10.1. The van der Waals surface area contributed by atoms with Crippen molar-refractivity contribution < 1.29 is 28.2 Å². The Kier molecular flexibility index (Phi) is 4.43. The van der Waals surface area contributed by atoms with Crippen LogP contribution >= 0.6 is 0 Å². The fraction of sp³-hybridized carbons (Fsp3) is 0.273. The van der Waals surface area contributed by atoms with Gasteiger partial charge in [-0.15, -0.1) is 0 Å². The van der Waals surface area contributed by atoms with Gasteiger partial charge in [0, 0.05) is 11.6 Å². The van der Waals surface area contributed by atoms with E-state index in [2.05, 4.69) is 4.74 Å². The molecule has 0 aliphatic rings. The minimum atomic E-state index is -3.05. The molecule has 1 aromatic rings. The molecular formula is C11H9F2NO4. The van der Waals surface area contributed by atoms with Gasteiger partial charge in [-0.3, -0.25) is 4.79 Å². The summed E-state index contributed by atoms with van der Waals surface area (Å²) in [5.74, 6) is -1.41. The van der Waals surface area contributed by atoms with Gasteiger partial charge in [0.2, 0.25) is 0 Å². The summed E-state index contributed by atoms with van der Waals surface area (Å²) in [5, 5.41) is 17.5. The van der Waals surface area contributed by atoms with Gasteiger partial charge in [0.25, 0.3) is 0 Å². The van der Waals surface area contributed by atoms with Crippen LogP contribution in [0.5, 0.6) is 11.5 Å². The Morgan fingerprint density at radius 2 is 2.22 bits per heavy atom. The third kappa shape index (κ3) is 3.31. The van der Waals surface area contributed by atoms with Crippen molar-refractivity contribution in [2.24, 2.45) is 0 Å². The summed E-state index contributed by atoms with van der Waals surface area (Å²) in [5.41, 5.74) is 0.0339. The fourth-order valence-corrected chi connectivity index (χ4v) is 1.45. The number of hydrogen-bond acceptors (Lipinski definition) is 4. The molecule has 0 aliphatic heterocycles. The largest absolute Gasteiger partial charge is 0.495 e. The van der Waals surface area contributed by atoms with E-state index >= 15 is 0 Å². The minimum absolute atomic E-state index is 0.0431. The molecule has 0 heterocycles. The zero-order chi connectivity index (χ0) is 13.7. The van der Waals surface area contributed by atoms with Crippen LogP contribution in [0.3, 0.4) is 0 Å². The van der Waals surface area contributed by atoms with E-state index in [0.717, 1.165) is 12.1 Å². The highest BCUT2D eigenvalue weighted by molar-refractivity contribution is 5.72. The molecule has 7 heteroatoms. The molecule has 0 saturated heterocycles. The predicted octanol–water partition coefficient (Wildman–Crippen LogP) is 1.80. The smallest absolute Gasteiger partial charge is 0.387 e. The van der Waals surface area contributed by atoms with Crippen LogP contribution in [0.4, 0.5) is 8.78 Å². The average Bonchev–Trinajstić information content (AvgIpc) is 2.26. The van der Waals surface area contributed by atoms with Crippen molar-refractivity contribution in [3.63, 3.8) is 0 Å². The fourth-order valence-electron chi connectivity index (χ4n) is 1.45. The van der Waals surface area contributed by atoms with Crippen molar-refractivity contribution in [1.82, 2.24) is 0 Å². The first kappa shape index (κ1) is 13.7. The maximum atomic E-state index is 12.1. The molecule has 0 saturated carbocycles. The van der Waals surface area contributed by atoms with Gasteiger partial charge in [-0.05, 0) is 6.07 Å². The molecule has 0 aliphatic carbocycles. The number of alkyl halides is 2. The van der Waals surface area contributed by atoms with Crippen molar-refractivity contribution in [2.75, 3.05) is 7.11 Å². The van der Waals surface area contributed by atoms with Gasteiger partial charge in [-0.25, -0.2) is 0 Å². The van der Waals surface area contributed by atoms with Crippen LogP contribution in [0.1, 0.15) is 11.1 Å². The Hall–Kier alpha value is -2.36. The number of carbonyl (C=O) groups is 1. The molecule has 0 aromatic heterocycles. The number of rotatable bonds is 5. The highest BCUT2D eigenvalue weighted by atomic mass is 19.3. The molecule has 96 valence electrons. The molecule has 0 spiro atoms. The average molecular weight is 257 g/mol. The van der Waals surface area contributed by atoms with E-state index in [-0.39, 0.29) is 22.6 Å². The SMILES string of the molecule is COc1c(C#N)cc(OC(F)F)cc1CC(=O)O. The number of carboxylic acids is 1. The lowest BCUT2D eigenvalue weighted by Gasteiger charge is -2.12. The molecular weight excluding hydrogens is 248 g/mol. The summed E-state index contributed by atoms with van der Waals surface area (Å²) in [6.07, 6.45) is -0.460. The molecule has 18 heavy (non-hydrogen) atoms. The van der Waals surface area contributed by atoms with E-state index < -0.39 is 19.0 Å². The number of ether oxygens (including phenoxy) is 2. The summed E-state index contributed by atoms with van der Waals surface area (Å²) in [4.78, 5) is 10.6. The highest BCUT2D eigenvalue weighted by Gasteiger charge is 2.16. The van der Waals surface area contributed by atoms with Gasteiger partial charge in [0.05, 0.1) is 19.1 Å². The van der Waals surface area contributed by atoms with Gasteiger partial charge in [-0.2, -0.15) is 14.0 Å². The zero-order valence-corrected chi connectivity index (χ0v) is 9.31. The second-order valence-electron chi connectivity index (χ2n) is 3.22. The quantitative estimate of drug-likeness (QED) is 0.869. The molecule has 0 atom stereocenters. The number of carboxylic acid groups (broad SMARTS) is 1. The van der Waals surface area contributed by atoms with Gasteiger partial charge >= 0.3 is 12.6 Å². The van der Waals surface area contributed by atoms with E-state index in [1.54, 1.807) is 6.07 Å². The minimum Gasteiger partial charge on any atom is -0.495 e. The van der Waals surface area contributed by atoms with Crippen LogP contribution in [0.25, 0.3) is 0 Å². The molecule has 0 bridgehead atoms. The molecule has 1 rings (SSSR count). The van der Waals surface area contributed by atoms with Gasteiger partial charge < -0.3 is 14.6 Å². The number of halogens is 2. The molecule has 0 unspecified atom stereocenters. The Balaban J connectivity index is 3.27. The monoisotopic (exact) mass is 257 g/mol. The number of nitriles is 1. The third-order valence-corrected chi connectivity index (χ3v) is 2.03. The Labute approximate surface area is 101 Å². The lowest BCUT2D eigenvalue weighted by molar-refractivity contribution is -0.136. The summed E-state index contributed by atoms with van der Waals surface area (Å²) < 4.78 is 33.2. The number of aliphatic carboxylic acids is 1.